The molecular weight excluding hydrogens is 196 g/mol. The maximum Gasteiger partial charge on any atom is 0.0552 e. The minimum Gasteiger partial charge on any atom is -0.393 e. The summed E-state index contributed by atoms with van der Waals surface area (Å²) in [5.41, 5.74) is 2.84. The fourth-order valence-electron chi connectivity index (χ4n) is 2.85. The second-order valence-electron chi connectivity index (χ2n) is 5.09. The molecule has 1 unspecified atom stereocenters. The Hall–Kier alpha value is -0.820. The van der Waals surface area contributed by atoms with Crippen LogP contribution in [0.1, 0.15) is 56.1 Å². The Kier molecular flexibility index (Phi) is 4.00. The highest BCUT2D eigenvalue weighted by molar-refractivity contribution is 5.31. The minimum absolute atomic E-state index is 0.232. The zero-order valence-corrected chi connectivity index (χ0v) is 10.2. The predicted molar refractivity (Wildman–Crippen MR) is 67.7 cm³/mol. The van der Waals surface area contributed by atoms with Gasteiger partial charge in [0.2, 0.25) is 0 Å². The van der Waals surface area contributed by atoms with E-state index in [1.165, 1.54) is 43.2 Å². The maximum absolute atomic E-state index is 9.53. The third-order valence-electron chi connectivity index (χ3n) is 3.62. The van der Waals surface area contributed by atoms with Crippen LogP contribution in [0.15, 0.2) is 24.3 Å². The Bertz CT molecular complexity index is 324. The third kappa shape index (κ3) is 2.85. The molecule has 0 heterocycles. The summed E-state index contributed by atoms with van der Waals surface area (Å²) in [6.07, 6.45) is 7.36. The van der Waals surface area contributed by atoms with Gasteiger partial charge in [-0.1, -0.05) is 43.5 Å². The molecule has 1 aliphatic rings. The van der Waals surface area contributed by atoms with Gasteiger partial charge in [-0.25, -0.2) is 0 Å². The van der Waals surface area contributed by atoms with Gasteiger partial charge in [0.05, 0.1) is 6.10 Å². The van der Waals surface area contributed by atoms with Gasteiger partial charge in [-0.2, -0.15) is 0 Å². The summed E-state index contributed by atoms with van der Waals surface area (Å²) in [7, 11) is 0. The first-order valence-electron chi connectivity index (χ1n) is 6.53. The molecule has 0 aromatic heterocycles. The van der Waals surface area contributed by atoms with Crippen molar-refractivity contribution in [2.24, 2.45) is 0 Å². The summed E-state index contributed by atoms with van der Waals surface area (Å²) in [5, 5.41) is 9.53. The Morgan fingerprint density at radius 3 is 2.56 bits per heavy atom. The largest absolute Gasteiger partial charge is 0.393 e. The molecule has 1 heteroatoms. The summed E-state index contributed by atoms with van der Waals surface area (Å²) < 4.78 is 0. The Balaban J connectivity index is 2.17. The molecule has 88 valence electrons. The van der Waals surface area contributed by atoms with E-state index in [0.717, 1.165) is 12.3 Å². The molecule has 1 nitrogen and oxygen atoms in total. The number of aliphatic hydroxyl groups excluding tert-OH is 1. The van der Waals surface area contributed by atoms with Crippen molar-refractivity contribution in [3.05, 3.63) is 35.4 Å². The van der Waals surface area contributed by atoms with Gasteiger partial charge in [-0.15, -0.1) is 0 Å². The lowest BCUT2D eigenvalue weighted by Gasteiger charge is -2.24. The molecule has 1 N–H and O–H groups in total. The van der Waals surface area contributed by atoms with E-state index in [-0.39, 0.29) is 6.10 Å². The molecule has 1 saturated carbocycles. The van der Waals surface area contributed by atoms with Crippen molar-refractivity contribution in [3.63, 3.8) is 0 Å². The maximum atomic E-state index is 9.53. The Morgan fingerprint density at radius 1 is 1.19 bits per heavy atom. The average molecular weight is 218 g/mol. The predicted octanol–water partition coefficient (Wildman–Crippen LogP) is 3.66. The van der Waals surface area contributed by atoms with Crippen LogP contribution in [0.4, 0.5) is 0 Å². The fraction of sp³-hybridized carbons (Fsp3) is 0.600. The standard InChI is InChI=1S/C15H22O/c1-12(16)11-14-9-5-6-10-15(14)13-7-3-2-4-8-13/h5-6,9-10,12-13,16H,2-4,7-8,11H2,1H3. The van der Waals surface area contributed by atoms with Crippen LogP contribution in [0, 0.1) is 0 Å². The summed E-state index contributed by atoms with van der Waals surface area (Å²) in [6, 6.07) is 8.66. The number of hydrogen-bond donors (Lipinski definition) is 1. The first-order chi connectivity index (χ1) is 7.77. The second kappa shape index (κ2) is 5.49. The fourth-order valence-corrected chi connectivity index (χ4v) is 2.85. The number of benzene rings is 1. The van der Waals surface area contributed by atoms with E-state index in [1.807, 2.05) is 6.92 Å². The second-order valence-corrected chi connectivity index (χ2v) is 5.09. The van der Waals surface area contributed by atoms with E-state index in [2.05, 4.69) is 24.3 Å². The Morgan fingerprint density at radius 2 is 1.88 bits per heavy atom. The van der Waals surface area contributed by atoms with E-state index in [0.29, 0.717) is 0 Å². The van der Waals surface area contributed by atoms with Crippen LogP contribution in [0.3, 0.4) is 0 Å². The molecule has 0 radical (unpaired) electrons. The van der Waals surface area contributed by atoms with Gasteiger partial charge in [-0.05, 0) is 43.2 Å². The molecule has 2 rings (SSSR count). The number of rotatable bonds is 3. The molecule has 0 spiro atoms. The van der Waals surface area contributed by atoms with Crippen LogP contribution in [0.2, 0.25) is 0 Å². The monoisotopic (exact) mass is 218 g/mol. The van der Waals surface area contributed by atoms with Gasteiger partial charge >= 0.3 is 0 Å². The lowest BCUT2D eigenvalue weighted by atomic mass is 9.81. The van der Waals surface area contributed by atoms with Crippen LogP contribution >= 0.6 is 0 Å². The summed E-state index contributed by atoms with van der Waals surface area (Å²) in [4.78, 5) is 0. The van der Waals surface area contributed by atoms with Gasteiger partial charge in [0.15, 0.2) is 0 Å². The summed E-state index contributed by atoms with van der Waals surface area (Å²) >= 11 is 0. The molecule has 1 aromatic carbocycles. The lowest BCUT2D eigenvalue weighted by Crippen LogP contribution is -2.11. The first kappa shape index (κ1) is 11.7. The zero-order valence-electron chi connectivity index (χ0n) is 10.2. The van der Waals surface area contributed by atoms with Gasteiger partial charge in [0.25, 0.3) is 0 Å². The van der Waals surface area contributed by atoms with E-state index >= 15 is 0 Å². The van der Waals surface area contributed by atoms with E-state index in [9.17, 15) is 5.11 Å². The first-order valence-corrected chi connectivity index (χ1v) is 6.53. The molecule has 0 amide bonds. The van der Waals surface area contributed by atoms with Crippen LogP contribution in [0.25, 0.3) is 0 Å². The van der Waals surface area contributed by atoms with Crippen molar-refractivity contribution in [1.82, 2.24) is 0 Å². The topological polar surface area (TPSA) is 20.2 Å². The number of hydrogen-bond acceptors (Lipinski definition) is 1. The third-order valence-corrected chi connectivity index (χ3v) is 3.62. The van der Waals surface area contributed by atoms with Crippen LogP contribution in [-0.4, -0.2) is 11.2 Å². The molecule has 1 aliphatic carbocycles. The highest BCUT2D eigenvalue weighted by Gasteiger charge is 2.18. The van der Waals surface area contributed by atoms with Gasteiger partial charge < -0.3 is 5.11 Å². The number of aliphatic hydroxyl groups is 1. The average Bonchev–Trinajstić information content (AvgIpc) is 2.30. The highest BCUT2D eigenvalue weighted by Crippen LogP contribution is 2.34. The molecule has 1 aromatic rings. The van der Waals surface area contributed by atoms with Crippen molar-refractivity contribution < 1.29 is 5.11 Å². The normalized spacial score (nSPS) is 19.6. The summed E-state index contributed by atoms with van der Waals surface area (Å²) in [6.45, 7) is 1.87. The van der Waals surface area contributed by atoms with E-state index in [4.69, 9.17) is 0 Å². The van der Waals surface area contributed by atoms with Crippen LogP contribution in [-0.2, 0) is 6.42 Å². The quantitative estimate of drug-likeness (QED) is 0.821. The summed E-state index contributed by atoms with van der Waals surface area (Å²) in [5.74, 6) is 0.740. The van der Waals surface area contributed by atoms with Gasteiger partial charge in [-0.3, -0.25) is 0 Å². The molecular formula is C15H22O. The van der Waals surface area contributed by atoms with Crippen molar-refractivity contribution in [3.8, 4) is 0 Å². The van der Waals surface area contributed by atoms with Crippen molar-refractivity contribution >= 4 is 0 Å². The van der Waals surface area contributed by atoms with Crippen LogP contribution in [0.5, 0.6) is 0 Å². The van der Waals surface area contributed by atoms with Crippen molar-refractivity contribution in [2.75, 3.05) is 0 Å². The highest BCUT2D eigenvalue weighted by atomic mass is 16.3. The van der Waals surface area contributed by atoms with Gasteiger partial charge in [0.1, 0.15) is 0 Å². The Labute approximate surface area is 98.5 Å². The van der Waals surface area contributed by atoms with E-state index < -0.39 is 0 Å². The van der Waals surface area contributed by atoms with Crippen molar-refractivity contribution in [2.45, 2.75) is 57.5 Å². The van der Waals surface area contributed by atoms with E-state index in [1.54, 1.807) is 0 Å². The SMILES string of the molecule is CC(O)Cc1ccccc1C1CCCCC1. The molecule has 0 aliphatic heterocycles. The van der Waals surface area contributed by atoms with Gasteiger partial charge in [0, 0.05) is 0 Å². The molecule has 1 atom stereocenters. The molecule has 1 fully saturated rings. The lowest BCUT2D eigenvalue weighted by molar-refractivity contribution is 0.195. The molecule has 16 heavy (non-hydrogen) atoms. The van der Waals surface area contributed by atoms with Crippen LogP contribution < -0.4 is 0 Å². The smallest absolute Gasteiger partial charge is 0.0552 e. The minimum atomic E-state index is -0.232. The van der Waals surface area contributed by atoms with Crippen molar-refractivity contribution in [1.29, 1.82) is 0 Å². The zero-order chi connectivity index (χ0) is 11.4. The molecule has 0 bridgehead atoms. The molecule has 0 saturated heterocycles.